The number of aryl methyl sites for hydroxylation is 2. The van der Waals surface area contributed by atoms with Gasteiger partial charge in [-0.2, -0.15) is 4.31 Å². The van der Waals surface area contributed by atoms with Gasteiger partial charge in [-0.25, -0.2) is 8.42 Å². The van der Waals surface area contributed by atoms with Gasteiger partial charge >= 0.3 is 0 Å². The second kappa shape index (κ2) is 7.68. The maximum Gasteiger partial charge on any atom is 0.243 e. The van der Waals surface area contributed by atoms with Crippen molar-refractivity contribution in [3.05, 3.63) is 59.2 Å². The molecule has 28 heavy (non-hydrogen) atoms. The summed E-state index contributed by atoms with van der Waals surface area (Å²) < 4.78 is 32.7. The maximum absolute atomic E-state index is 13.0. The highest BCUT2D eigenvalue weighted by atomic mass is 32.2. The molecule has 0 saturated carbocycles. The van der Waals surface area contributed by atoms with E-state index in [1.807, 2.05) is 12.1 Å². The van der Waals surface area contributed by atoms with Gasteiger partial charge < -0.3 is 4.74 Å². The summed E-state index contributed by atoms with van der Waals surface area (Å²) in [5.41, 5.74) is 3.08. The average Bonchev–Trinajstić information content (AvgIpc) is 3.21. The lowest BCUT2D eigenvalue weighted by atomic mass is 9.89. The molecular weight excluding hydrogens is 374 g/mol. The van der Waals surface area contributed by atoms with E-state index in [4.69, 9.17) is 4.74 Å². The maximum atomic E-state index is 13.0. The standard InChI is InChI=1S/C22H25NO4S/c1-27-20-8-5-17(6-9-20)22(24)18-11-13-23(14-12-18)28(25,26)21-10-7-16-3-2-4-19(16)15-21/h5-10,15,18H,2-4,11-14H2,1H3. The molecule has 0 bridgehead atoms. The van der Waals surface area contributed by atoms with Gasteiger partial charge in [-0.1, -0.05) is 6.07 Å². The Morgan fingerprint density at radius 1 is 1.00 bits per heavy atom. The normalized spacial score (nSPS) is 18.0. The van der Waals surface area contributed by atoms with Crippen LogP contribution in [0.15, 0.2) is 47.4 Å². The molecule has 0 unspecified atom stereocenters. The molecular formula is C22H25NO4S. The zero-order chi connectivity index (χ0) is 19.7. The monoisotopic (exact) mass is 399 g/mol. The van der Waals surface area contributed by atoms with Gasteiger partial charge in [0.15, 0.2) is 5.78 Å². The third-order valence-corrected chi connectivity index (χ3v) is 7.80. The van der Waals surface area contributed by atoms with Gasteiger partial charge in [0.1, 0.15) is 5.75 Å². The first-order valence-electron chi connectivity index (χ1n) is 9.79. The minimum Gasteiger partial charge on any atom is -0.497 e. The van der Waals surface area contributed by atoms with E-state index >= 15 is 0 Å². The molecule has 0 N–H and O–H groups in total. The SMILES string of the molecule is COc1ccc(C(=O)C2CCN(S(=O)(=O)c3ccc4c(c3)CCC4)CC2)cc1. The molecule has 1 heterocycles. The molecule has 4 rings (SSSR count). The smallest absolute Gasteiger partial charge is 0.243 e. The van der Waals surface area contributed by atoms with Crippen molar-refractivity contribution in [1.82, 2.24) is 4.31 Å². The summed E-state index contributed by atoms with van der Waals surface area (Å²) in [6, 6.07) is 12.6. The first-order valence-corrected chi connectivity index (χ1v) is 11.2. The van der Waals surface area contributed by atoms with Crippen LogP contribution in [0.25, 0.3) is 0 Å². The average molecular weight is 400 g/mol. The number of rotatable bonds is 5. The van der Waals surface area contributed by atoms with Crippen molar-refractivity contribution < 1.29 is 17.9 Å². The Morgan fingerprint density at radius 2 is 1.68 bits per heavy atom. The summed E-state index contributed by atoms with van der Waals surface area (Å²) in [6.07, 6.45) is 4.19. The summed E-state index contributed by atoms with van der Waals surface area (Å²) in [4.78, 5) is 13.1. The number of methoxy groups -OCH3 is 1. The number of piperidine rings is 1. The molecule has 0 spiro atoms. The Hall–Kier alpha value is -2.18. The van der Waals surface area contributed by atoms with Gasteiger partial charge in [-0.05, 0) is 79.6 Å². The van der Waals surface area contributed by atoms with Crippen LogP contribution < -0.4 is 4.74 Å². The van der Waals surface area contributed by atoms with E-state index in [2.05, 4.69) is 0 Å². The summed E-state index contributed by atoms with van der Waals surface area (Å²) in [5.74, 6) is 0.656. The molecule has 1 saturated heterocycles. The molecule has 0 radical (unpaired) electrons. The number of ketones is 1. The second-order valence-electron chi connectivity index (χ2n) is 7.56. The Morgan fingerprint density at radius 3 is 2.36 bits per heavy atom. The number of carbonyl (C=O) groups excluding carboxylic acids is 1. The minimum absolute atomic E-state index is 0.0808. The highest BCUT2D eigenvalue weighted by Crippen LogP contribution is 2.29. The summed E-state index contributed by atoms with van der Waals surface area (Å²) in [6.45, 7) is 0.762. The van der Waals surface area contributed by atoms with E-state index in [1.54, 1.807) is 37.4 Å². The van der Waals surface area contributed by atoms with Gasteiger partial charge in [0.05, 0.1) is 12.0 Å². The van der Waals surface area contributed by atoms with E-state index in [-0.39, 0.29) is 11.7 Å². The van der Waals surface area contributed by atoms with E-state index in [0.29, 0.717) is 42.1 Å². The Kier molecular flexibility index (Phi) is 5.25. The number of benzene rings is 2. The second-order valence-corrected chi connectivity index (χ2v) is 9.49. The van der Waals surface area contributed by atoms with E-state index in [0.717, 1.165) is 24.8 Å². The molecule has 0 aromatic heterocycles. The Labute approximate surface area is 166 Å². The Balaban J connectivity index is 1.43. The minimum atomic E-state index is -3.50. The molecule has 1 fully saturated rings. The summed E-state index contributed by atoms with van der Waals surface area (Å²) in [7, 11) is -1.91. The highest BCUT2D eigenvalue weighted by molar-refractivity contribution is 7.89. The number of sulfonamides is 1. The van der Waals surface area contributed by atoms with Gasteiger partial charge in [0.2, 0.25) is 10.0 Å². The van der Waals surface area contributed by atoms with Crippen LogP contribution in [0.1, 0.15) is 40.7 Å². The van der Waals surface area contributed by atoms with Gasteiger partial charge in [0, 0.05) is 24.6 Å². The molecule has 2 aromatic rings. The van der Waals surface area contributed by atoms with Crippen LogP contribution in [-0.2, 0) is 22.9 Å². The number of nitrogens with zero attached hydrogens (tertiary/aromatic N) is 1. The predicted octanol–water partition coefficient (Wildman–Crippen LogP) is 3.47. The van der Waals surface area contributed by atoms with Crippen molar-refractivity contribution in [2.75, 3.05) is 20.2 Å². The molecule has 5 nitrogen and oxygen atoms in total. The lowest BCUT2D eigenvalue weighted by Crippen LogP contribution is -2.40. The van der Waals surface area contributed by atoms with Crippen LogP contribution in [0.3, 0.4) is 0 Å². The fraction of sp³-hybridized carbons (Fsp3) is 0.409. The van der Waals surface area contributed by atoms with Crippen molar-refractivity contribution in [2.24, 2.45) is 5.92 Å². The number of Topliss-reactive ketones (excluding diaryl/α,β-unsaturated/α-hetero) is 1. The van der Waals surface area contributed by atoms with Crippen LogP contribution in [0.4, 0.5) is 0 Å². The van der Waals surface area contributed by atoms with Gasteiger partial charge in [0.25, 0.3) is 0 Å². The molecule has 1 aliphatic carbocycles. The third kappa shape index (κ3) is 3.59. The number of fused-ring (bicyclic) bond motifs is 1. The van der Waals surface area contributed by atoms with Crippen molar-refractivity contribution in [2.45, 2.75) is 37.0 Å². The number of ether oxygens (including phenoxy) is 1. The predicted molar refractivity (Wildman–Crippen MR) is 107 cm³/mol. The summed E-state index contributed by atoms with van der Waals surface area (Å²) >= 11 is 0. The fourth-order valence-electron chi connectivity index (χ4n) is 4.21. The zero-order valence-electron chi connectivity index (χ0n) is 16.1. The van der Waals surface area contributed by atoms with Gasteiger partial charge in [-0.3, -0.25) is 4.79 Å². The summed E-state index contributed by atoms with van der Waals surface area (Å²) in [5, 5.41) is 0. The molecule has 0 atom stereocenters. The number of hydrogen-bond donors (Lipinski definition) is 0. The molecule has 148 valence electrons. The Bertz CT molecular complexity index is 974. The largest absolute Gasteiger partial charge is 0.497 e. The lowest BCUT2D eigenvalue weighted by Gasteiger charge is -2.30. The number of hydrogen-bond acceptors (Lipinski definition) is 4. The van der Waals surface area contributed by atoms with Crippen LogP contribution in [0.5, 0.6) is 5.75 Å². The quantitative estimate of drug-likeness (QED) is 0.722. The topological polar surface area (TPSA) is 63.7 Å². The van der Waals surface area contributed by atoms with E-state index < -0.39 is 10.0 Å². The van der Waals surface area contributed by atoms with E-state index in [9.17, 15) is 13.2 Å². The van der Waals surface area contributed by atoms with Crippen molar-refractivity contribution in [1.29, 1.82) is 0 Å². The highest BCUT2D eigenvalue weighted by Gasteiger charge is 2.32. The van der Waals surface area contributed by atoms with Crippen molar-refractivity contribution in [3.63, 3.8) is 0 Å². The number of carbonyl (C=O) groups is 1. The molecule has 6 heteroatoms. The molecule has 1 aliphatic heterocycles. The fourth-order valence-corrected chi connectivity index (χ4v) is 5.73. The third-order valence-electron chi connectivity index (χ3n) is 5.91. The van der Waals surface area contributed by atoms with Crippen molar-refractivity contribution >= 4 is 15.8 Å². The molecule has 2 aliphatic rings. The first-order chi connectivity index (χ1) is 13.5. The molecule has 2 aromatic carbocycles. The van der Waals surface area contributed by atoms with Gasteiger partial charge in [-0.15, -0.1) is 0 Å². The van der Waals surface area contributed by atoms with Crippen LogP contribution in [-0.4, -0.2) is 38.7 Å². The first kappa shape index (κ1) is 19.2. The van der Waals surface area contributed by atoms with E-state index in [1.165, 1.54) is 9.87 Å². The zero-order valence-corrected chi connectivity index (χ0v) is 16.9. The van der Waals surface area contributed by atoms with Crippen molar-refractivity contribution in [3.8, 4) is 5.75 Å². The van der Waals surface area contributed by atoms with Crippen LogP contribution in [0, 0.1) is 5.92 Å². The van der Waals surface area contributed by atoms with Crippen LogP contribution >= 0.6 is 0 Å². The lowest BCUT2D eigenvalue weighted by molar-refractivity contribution is 0.0875. The van der Waals surface area contributed by atoms with Crippen LogP contribution in [0.2, 0.25) is 0 Å². The molecule has 0 amide bonds.